The Morgan fingerprint density at radius 3 is 2.53 bits per heavy atom. The molecular formula is C24H26N2O5S. The molecule has 168 valence electrons. The summed E-state index contributed by atoms with van der Waals surface area (Å²) in [6.07, 6.45) is 7.38. The normalized spacial score (nSPS) is 24.9. The van der Waals surface area contributed by atoms with E-state index in [9.17, 15) is 19.2 Å². The molecule has 3 aliphatic rings. The highest BCUT2D eigenvalue weighted by molar-refractivity contribution is 7.17. The van der Waals surface area contributed by atoms with Crippen LogP contribution in [0.3, 0.4) is 0 Å². The molecule has 7 nitrogen and oxygen atoms in total. The molecule has 0 radical (unpaired) electrons. The van der Waals surface area contributed by atoms with E-state index in [0.29, 0.717) is 29.3 Å². The van der Waals surface area contributed by atoms with E-state index in [4.69, 9.17) is 4.42 Å². The predicted molar refractivity (Wildman–Crippen MR) is 118 cm³/mol. The maximum atomic E-state index is 13.2. The fourth-order valence-corrected chi connectivity index (χ4v) is 6.73. The van der Waals surface area contributed by atoms with E-state index in [1.165, 1.54) is 17.6 Å². The Bertz CT molecular complexity index is 1060. The average molecular weight is 455 g/mol. The molecule has 1 N–H and O–H groups in total. The first-order chi connectivity index (χ1) is 15.4. The first-order valence-corrected chi connectivity index (χ1v) is 12.1. The number of nitrogens with zero attached hydrogens (tertiary/aromatic N) is 1. The first-order valence-electron chi connectivity index (χ1n) is 11.3. The van der Waals surface area contributed by atoms with Crippen molar-refractivity contribution in [2.24, 2.45) is 17.8 Å². The van der Waals surface area contributed by atoms with Gasteiger partial charge in [0.2, 0.25) is 23.5 Å². The lowest BCUT2D eigenvalue weighted by Crippen LogP contribution is -2.38. The summed E-state index contributed by atoms with van der Waals surface area (Å²) in [6.45, 7) is 1.87. The van der Waals surface area contributed by atoms with Crippen molar-refractivity contribution in [3.63, 3.8) is 0 Å². The molecule has 2 fully saturated rings. The average Bonchev–Trinajstić information content (AvgIpc) is 3.48. The molecule has 0 bridgehead atoms. The van der Waals surface area contributed by atoms with E-state index >= 15 is 0 Å². The molecule has 3 atom stereocenters. The molecule has 1 saturated carbocycles. The highest BCUT2D eigenvalue weighted by Crippen LogP contribution is 2.41. The summed E-state index contributed by atoms with van der Waals surface area (Å²) in [5, 5.41) is 3.32. The summed E-state index contributed by atoms with van der Waals surface area (Å²) < 4.78 is 5.33. The third-order valence-corrected chi connectivity index (χ3v) is 8.14. The van der Waals surface area contributed by atoms with Gasteiger partial charge < -0.3 is 9.73 Å². The van der Waals surface area contributed by atoms with Crippen LogP contribution in [-0.4, -0.2) is 34.9 Å². The Morgan fingerprint density at radius 2 is 1.88 bits per heavy atom. The second-order valence-electron chi connectivity index (χ2n) is 9.17. The number of imide groups is 1. The quantitative estimate of drug-likeness (QED) is 0.547. The summed E-state index contributed by atoms with van der Waals surface area (Å²) >= 11 is 1.42. The van der Waals surface area contributed by atoms with Gasteiger partial charge in [-0.25, -0.2) is 0 Å². The fourth-order valence-electron chi connectivity index (χ4n) is 5.31. The van der Waals surface area contributed by atoms with Gasteiger partial charge in [0.1, 0.15) is 11.5 Å². The molecule has 3 amide bonds. The van der Waals surface area contributed by atoms with Crippen LogP contribution in [0.2, 0.25) is 0 Å². The van der Waals surface area contributed by atoms with Crippen LogP contribution < -0.4 is 5.32 Å². The van der Waals surface area contributed by atoms with Crippen LogP contribution in [0.1, 0.15) is 65.6 Å². The van der Waals surface area contributed by atoms with Crippen molar-refractivity contribution in [2.75, 3.05) is 11.9 Å². The van der Waals surface area contributed by atoms with Gasteiger partial charge in [-0.1, -0.05) is 19.8 Å². The summed E-state index contributed by atoms with van der Waals surface area (Å²) in [4.78, 5) is 53.8. The number of carbonyl (C=O) groups excluding carboxylic acids is 4. The van der Waals surface area contributed by atoms with Gasteiger partial charge in [-0.15, -0.1) is 11.3 Å². The zero-order valence-electron chi connectivity index (χ0n) is 18.0. The summed E-state index contributed by atoms with van der Waals surface area (Å²) in [5.41, 5.74) is 1.46. The van der Waals surface area contributed by atoms with Gasteiger partial charge in [-0.2, -0.15) is 0 Å². The summed E-state index contributed by atoms with van der Waals surface area (Å²) in [6, 6.07) is 3.28. The molecule has 8 heteroatoms. The molecule has 0 spiro atoms. The SMILES string of the molecule is CC1CCc2c(sc(NC(=O)CN3C(=O)C4CCCCC4C3=O)c2C(=O)c2ccco2)C1. The lowest BCUT2D eigenvalue weighted by Gasteiger charge is -2.19. The lowest BCUT2D eigenvalue weighted by molar-refractivity contribution is -0.142. The van der Waals surface area contributed by atoms with Crippen molar-refractivity contribution in [1.29, 1.82) is 0 Å². The molecule has 2 aromatic rings. The smallest absolute Gasteiger partial charge is 0.245 e. The maximum absolute atomic E-state index is 13.2. The molecule has 32 heavy (non-hydrogen) atoms. The van der Waals surface area contributed by atoms with Crippen LogP contribution in [0.4, 0.5) is 5.00 Å². The van der Waals surface area contributed by atoms with Gasteiger partial charge in [-0.3, -0.25) is 24.1 Å². The van der Waals surface area contributed by atoms with Gasteiger partial charge >= 0.3 is 0 Å². The third kappa shape index (κ3) is 3.60. The molecule has 0 aromatic carbocycles. The van der Waals surface area contributed by atoms with E-state index in [-0.39, 0.29) is 41.7 Å². The van der Waals surface area contributed by atoms with Crippen molar-refractivity contribution < 1.29 is 23.6 Å². The van der Waals surface area contributed by atoms with Gasteiger partial charge in [-0.05, 0) is 55.7 Å². The van der Waals surface area contributed by atoms with E-state index in [2.05, 4.69) is 12.2 Å². The number of fused-ring (bicyclic) bond motifs is 2. The topological polar surface area (TPSA) is 96.7 Å². The third-order valence-electron chi connectivity index (χ3n) is 6.97. The number of carbonyl (C=O) groups is 4. The number of thiophene rings is 1. The Morgan fingerprint density at radius 1 is 1.16 bits per heavy atom. The number of hydrogen-bond acceptors (Lipinski definition) is 6. The Balaban J connectivity index is 1.39. The number of furan rings is 1. The number of hydrogen-bond donors (Lipinski definition) is 1. The number of anilines is 1. The second kappa shape index (κ2) is 8.31. The first kappa shape index (κ1) is 21.1. The van der Waals surface area contributed by atoms with E-state index in [1.54, 1.807) is 12.1 Å². The van der Waals surface area contributed by atoms with Crippen LogP contribution >= 0.6 is 11.3 Å². The molecule has 2 aliphatic carbocycles. The zero-order valence-corrected chi connectivity index (χ0v) is 18.8. The van der Waals surface area contributed by atoms with Gasteiger partial charge in [0.15, 0.2) is 5.76 Å². The monoisotopic (exact) mass is 454 g/mol. The van der Waals surface area contributed by atoms with Gasteiger partial charge in [0.05, 0.1) is 23.7 Å². The Kier molecular flexibility index (Phi) is 5.49. The summed E-state index contributed by atoms with van der Waals surface area (Å²) in [5.74, 6) is -0.997. The highest BCUT2D eigenvalue weighted by Gasteiger charge is 2.48. The molecule has 3 unspecified atom stereocenters. The van der Waals surface area contributed by atoms with E-state index in [1.807, 2.05) is 0 Å². The van der Waals surface area contributed by atoms with Crippen LogP contribution in [-0.2, 0) is 27.2 Å². The van der Waals surface area contributed by atoms with Crippen LogP contribution in [0.15, 0.2) is 22.8 Å². The van der Waals surface area contributed by atoms with Crippen LogP contribution in [0, 0.1) is 17.8 Å². The van der Waals surface area contributed by atoms with Crippen molar-refractivity contribution in [3.05, 3.63) is 40.2 Å². The minimum absolute atomic E-state index is 0.230. The van der Waals surface area contributed by atoms with Crippen molar-refractivity contribution in [1.82, 2.24) is 4.90 Å². The maximum Gasteiger partial charge on any atom is 0.245 e. The highest BCUT2D eigenvalue weighted by atomic mass is 32.1. The minimum atomic E-state index is -0.453. The molecule has 1 aliphatic heterocycles. The molecule has 3 heterocycles. The fraction of sp³-hybridized carbons (Fsp3) is 0.500. The number of ketones is 1. The summed E-state index contributed by atoms with van der Waals surface area (Å²) in [7, 11) is 0. The predicted octanol–water partition coefficient (Wildman–Crippen LogP) is 3.81. The Labute approximate surface area is 190 Å². The number of nitrogens with one attached hydrogen (secondary N) is 1. The van der Waals surface area contributed by atoms with Crippen molar-refractivity contribution in [3.8, 4) is 0 Å². The minimum Gasteiger partial charge on any atom is -0.461 e. The van der Waals surface area contributed by atoms with Crippen LogP contribution in [0.25, 0.3) is 0 Å². The number of rotatable bonds is 5. The largest absolute Gasteiger partial charge is 0.461 e. The molecule has 1 saturated heterocycles. The van der Waals surface area contributed by atoms with Crippen molar-refractivity contribution in [2.45, 2.75) is 51.9 Å². The number of likely N-dealkylation sites (tertiary alicyclic amines) is 1. The molecule has 5 rings (SSSR count). The van der Waals surface area contributed by atoms with E-state index < -0.39 is 5.91 Å². The lowest BCUT2D eigenvalue weighted by atomic mass is 9.81. The number of amides is 3. The van der Waals surface area contributed by atoms with Gasteiger partial charge in [0, 0.05) is 4.88 Å². The van der Waals surface area contributed by atoms with E-state index in [0.717, 1.165) is 47.4 Å². The van der Waals surface area contributed by atoms with Gasteiger partial charge in [0.25, 0.3) is 0 Å². The molecule has 2 aromatic heterocycles. The van der Waals surface area contributed by atoms with Crippen LogP contribution in [0.5, 0.6) is 0 Å². The Hall–Kier alpha value is -2.74. The zero-order chi connectivity index (χ0) is 22.4. The second-order valence-corrected chi connectivity index (χ2v) is 10.3. The standard InChI is InChI=1S/C24H26N2O5S/c1-13-8-9-16-18(11-13)32-22(20(16)21(28)17-7-4-10-31-17)25-19(27)12-26-23(29)14-5-2-3-6-15(14)24(26)30/h4,7,10,13-15H,2-3,5-6,8-9,11-12H2,1H3,(H,25,27). The van der Waals surface area contributed by atoms with Crippen molar-refractivity contribution >= 4 is 39.8 Å². The molecular weight excluding hydrogens is 428 g/mol.